The fourth-order valence-electron chi connectivity index (χ4n) is 1.40. The van der Waals surface area contributed by atoms with E-state index in [-0.39, 0.29) is 12.1 Å². The maximum Gasteiger partial charge on any atom is 0.0636 e. The van der Waals surface area contributed by atoms with Crippen molar-refractivity contribution in [2.45, 2.75) is 32.9 Å². The highest BCUT2D eigenvalue weighted by molar-refractivity contribution is 9.10. The molecule has 2 N–H and O–H groups in total. The van der Waals surface area contributed by atoms with E-state index in [4.69, 9.17) is 0 Å². The Hall–Kier alpha value is -0.380. The molecule has 0 bridgehead atoms. The summed E-state index contributed by atoms with van der Waals surface area (Å²) in [6, 6.07) is 6.58. The Morgan fingerprint density at radius 2 is 2.07 bits per heavy atom. The molecular formula is C12H18BrNO. The van der Waals surface area contributed by atoms with Crippen LogP contribution in [0.3, 0.4) is 0 Å². The van der Waals surface area contributed by atoms with Gasteiger partial charge >= 0.3 is 0 Å². The molecule has 0 saturated carbocycles. The third-order valence-electron chi connectivity index (χ3n) is 2.40. The molecule has 0 aliphatic carbocycles. The number of aryl methyl sites for hydroxylation is 1. The standard InChI is InChI=1S/C12H18BrNO/c1-8-6-11(4-5-12(8)13)10(3)14-7-9(2)15/h4-6,9-10,14-15H,7H2,1-3H3/t9-,10-/m1/s1. The van der Waals surface area contributed by atoms with Crippen molar-refractivity contribution in [3.63, 3.8) is 0 Å². The van der Waals surface area contributed by atoms with E-state index in [1.807, 2.05) is 0 Å². The summed E-state index contributed by atoms with van der Waals surface area (Å²) in [4.78, 5) is 0. The van der Waals surface area contributed by atoms with Gasteiger partial charge in [-0.15, -0.1) is 0 Å². The lowest BCUT2D eigenvalue weighted by molar-refractivity contribution is 0.187. The fourth-order valence-corrected chi connectivity index (χ4v) is 1.65. The van der Waals surface area contributed by atoms with E-state index in [2.05, 4.69) is 53.3 Å². The first-order valence-electron chi connectivity index (χ1n) is 5.18. The maximum atomic E-state index is 9.18. The van der Waals surface area contributed by atoms with Crippen LogP contribution in [0.1, 0.15) is 31.0 Å². The van der Waals surface area contributed by atoms with Crippen LogP contribution in [-0.2, 0) is 0 Å². The largest absolute Gasteiger partial charge is 0.392 e. The van der Waals surface area contributed by atoms with Gasteiger partial charge in [-0.2, -0.15) is 0 Å². The molecule has 2 nitrogen and oxygen atoms in total. The molecule has 0 unspecified atom stereocenters. The van der Waals surface area contributed by atoms with Crippen LogP contribution < -0.4 is 5.32 Å². The molecule has 0 aliphatic heterocycles. The zero-order chi connectivity index (χ0) is 11.4. The number of aliphatic hydroxyl groups excluding tert-OH is 1. The van der Waals surface area contributed by atoms with Crippen molar-refractivity contribution in [1.29, 1.82) is 0 Å². The molecule has 0 aliphatic rings. The summed E-state index contributed by atoms with van der Waals surface area (Å²) < 4.78 is 1.13. The quantitative estimate of drug-likeness (QED) is 0.883. The zero-order valence-corrected chi connectivity index (χ0v) is 11.0. The minimum absolute atomic E-state index is 0.270. The van der Waals surface area contributed by atoms with Crippen molar-refractivity contribution in [2.75, 3.05) is 6.54 Å². The lowest BCUT2D eigenvalue weighted by Crippen LogP contribution is -2.27. The number of aliphatic hydroxyl groups is 1. The molecule has 0 aromatic heterocycles. The monoisotopic (exact) mass is 271 g/mol. The SMILES string of the molecule is Cc1cc([C@@H](C)NC[C@@H](C)O)ccc1Br. The second-order valence-corrected chi connectivity index (χ2v) is 4.84. The van der Waals surface area contributed by atoms with Gasteiger partial charge < -0.3 is 10.4 Å². The third kappa shape index (κ3) is 3.93. The van der Waals surface area contributed by atoms with Gasteiger partial charge in [0.1, 0.15) is 0 Å². The average Bonchev–Trinajstić information content (AvgIpc) is 2.18. The molecule has 3 heteroatoms. The minimum Gasteiger partial charge on any atom is -0.392 e. The number of nitrogens with one attached hydrogen (secondary N) is 1. The van der Waals surface area contributed by atoms with E-state index >= 15 is 0 Å². The van der Waals surface area contributed by atoms with Crippen molar-refractivity contribution in [2.24, 2.45) is 0 Å². The third-order valence-corrected chi connectivity index (χ3v) is 3.29. The second kappa shape index (κ2) is 5.64. The molecule has 0 fully saturated rings. The van der Waals surface area contributed by atoms with Gasteiger partial charge in [0, 0.05) is 17.1 Å². The Kier molecular flexibility index (Phi) is 4.77. The van der Waals surface area contributed by atoms with Crippen molar-refractivity contribution >= 4 is 15.9 Å². The number of rotatable bonds is 4. The van der Waals surface area contributed by atoms with Crippen LogP contribution >= 0.6 is 15.9 Å². The topological polar surface area (TPSA) is 32.3 Å². The highest BCUT2D eigenvalue weighted by Gasteiger charge is 2.06. The van der Waals surface area contributed by atoms with Crippen molar-refractivity contribution in [3.8, 4) is 0 Å². The van der Waals surface area contributed by atoms with Crippen LogP contribution in [0.15, 0.2) is 22.7 Å². The van der Waals surface area contributed by atoms with Crippen molar-refractivity contribution < 1.29 is 5.11 Å². The molecule has 0 saturated heterocycles. The smallest absolute Gasteiger partial charge is 0.0636 e. The zero-order valence-electron chi connectivity index (χ0n) is 9.42. The van der Waals surface area contributed by atoms with Crippen LogP contribution in [0.2, 0.25) is 0 Å². The van der Waals surface area contributed by atoms with Crippen molar-refractivity contribution in [1.82, 2.24) is 5.32 Å². The molecule has 15 heavy (non-hydrogen) atoms. The first kappa shape index (κ1) is 12.7. The number of hydrogen-bond acceptors (Lipinski definition) is 2. The molecule has 0 radical (unpaired) electrons. The summed E-state index contributed by atoms with van der Waals surface area (Å²) in [5, 5.41) is 12.5. The molecule has 2 atom stereocenters. The van der Waals surface area contributed by atoms with Gasteiger partial charge in [-0.3, -0.25) is 0 Å². The lowest BCUT2D eigenvalue weighted by Gasteiger charge is -2.16. The van der Waals surface area contributed by atoms with Gasteiger partial charge in [0.05, 0.1) is 6.10 Å². The Labute approximate surface area is 99.8 Å². The van der Waals surface area contributed by atoms with Gasteiger partial charge in [-0.05, 0) is 38.0 Å². The van der Waals surface area contributed by atoms with Gasteiger partial charge in [0.15, 0.2) is 0 Å². The van der Waals surface area contributed by atoms with Gasteiger partial charge in [-0.25, -0.2) is 0 Å². The van der Waals surface area contributed by atoms with E-state index in [0.717, 1.165) is 4.47 Å². The molecule has 1 aromatic rings. The molecule has 0 amide bonds. The summed E-state index contributed by atoms with van der Waals surface area (Å²) in [6.07, 6.45) is -0.302. The Bertz CT molecular complexity index is 325. The molecule has 1 rings (SSSR count). The average molecular weight is 272 g/mol. The summed E-state index contributed by atoms with van der Waals surface area (Å²) in [6.45, 7) is 6.59. The first-order valence-corrected chi connectivity index (χ1v) is 5.97. The summed E-state index contributed by atoms with van der Waals surface area (Å²) in [5.74, 6) is 0. The predicted molar refractivity (Wildman–Crippen MR) is 67.0 cm³/mol. The van der Waals surface area contributed by atoms with Gasteiger partial charge in [0.25, 0.3) is 0 Å². The highest BCUT2D eigenvalue weighted by Crippen LogP contribution is 2.20. The number of hydrogen-bond donors (Lipinski definition) is 2. The normalized spacial score (nSPS) is 15.0. The van der Waals surface area contributed by atoms with E-state index in [1.54, 1.807) is 6.92 Å². The predicted octanol–water partition coefficient (Wildman–Crippen LogP) is 2.79. The highest BCUT2D eigenvalue weighted by atomic mass is 79.9. The van der Waals surface area contributed by atoms with Crippen molar-refractivity contribution in [3.05, 3.63) is 33.8 Å². The van der Waals surface area contributed by atoms with Gasteiger partial charge in [-0.1, -0.05) is 28.1 Å². The van der Waals surface area contributed by atoms with Gasteiger partial charge in [0.2, 0.25) is 0 Å². The summed E-state index contributed by atoms with van der Waals surface area (Å²) >= 11 is 3.48. The van der Waals surface area contributed by atoms with Crippen LogP contribution in [0.25, 0.3) is 0 Å². The molecule has 84 valence electrons. The molecular weight excluding hydrogens is 254 g/mol. The van der Waals surface area contributed by atoms with Crippen LogP contribution in [0, 0.1) is 6.92 Å². The Morgan fingerprint density at radius 1 is 1.40 bits per heavy atom. The van der Waals surface area contributed by atoms with Crippen LogP contribution in [0.4, 0.5) is 0 Å². The minimum atomic E-state index is -0.302. The number of benzene rings is 1. The molecule has 1 aromatic carbocycles. The Balaban J connectivity index is 2.65. The Morgan fingerprint density at radius 3 is 2.60 bits per heavy atom. The van der Waals surface area contributed by atoms with E-state index in [0.29, 0.717) is 6.54 Å². The summed E-state index contributed by atoms with van der Waals surface area (Å²) in [5.41, 5.74) is 2.48. The van der Waals surface area contributed by atoms with E-state index in [9.17, 15) is 5.11 Å². The molecule has 0 heterocycles. The number of halogens is 1. The summed E-state index contributed by atoms with van der Waals surface area (Å²) in [7, 11) is 0. The lowest BCUT2D eigenvalue weighted by atomic mass is 10.1. The molecule has 0 spiro atoms. The second-order valence-electron chi connectivity index (χ2n) is 3.99. The van der Waals surface area contributed by atoms with Crippen LogP contribution in [0.5, 0.6) is 0 Å². The maximum absolute atomic E-state index is 9.18. The fraction of sp³-hybridized carbons (Fsp3) is 0.500. The van der Waals surface area contributed by atoms with Crippen LogP contribution in [-0.4, -0.2) is 17.8 Å². The van der Waals surface area contributed by atoms with E-state index < -0.39 is 0 Å². The van der Waals surface area contributed by atoms with E-state index in [1.165, 1.54) is 11.1 Å². The first-order chi connectivity index (χ1) is 7.00.